The van der Waals surface area contributed by atoms with Crippen LogP contribution in [0.3, 0.4) is 0 Å². The summed E-state index contributed by atoms with van der Waals surface area (Å²) in [4.78, 5) is 11.7. The summed E-state index contributed by atoms with van der Waals surface area (Å²) in [6, 6.07) is 12.1. The molecule has 0 saturated carbocycles. The third-order valence-electron chi connectivity index (χ3n) is 2.83. The normalized spacial score (nSPS) is 10.0. The maximum absolute atomic E-state index is 11.7. The quantitative estimate of drug-likeness (QED) is 0.860. The van der Waals surface area contributed by atoms with Crippen molar-refractivity contribution in [2.24, 2.45) is 0 Å². The van der Waals surface area contributed by atoms with Gasteiger partial charge < -0.3 is 14.6 Å². The van der Waals surface area contributed by atoms with E-state index in [0.29, 0.717) is 5.56 Å². The Hall–Kier alpha value is -2.49. The molecular formula is C15H14O4. The Morgan fingerprint density at radius 1 is 1.05 bits per heavy atom. The molecule has 0 aliphatic rings. The van der Waals surface area contributed by atoms with Crippen molar-refractivity contribution in [1.29, 1.82) is 0 Å². The smallest absolute Gasteiger partial charge is 0.342 e. The van der Waals surface area contributed by atoms with Crippen LogP contribution in [-0.4, -0.2) is 25.3 Å². The average Bonchev–Trinajstić information content (AvgIpc) is 2.46. The molecule has 2 aromatic carbocycles. The number of carbonyl (C=O) groups is 1. The number of benzene rings is 2. The lowest BCUT2D eigenvalue weighted by Gasteiger charge is -2.10. The van der Waals surface area contributed by atoms with Gasteiger partial charge in [0.1, 0.15) is 17.1 Å². The number of carbonyl (C=O) groups excluding carboxylic acids is 1. The Balaban J connectivity index is 2.54. The molecular weight excluding hydrogens is 244 g/mol. The summed E-state index contributed by atoms with van der Waals surface area (Å²) in [7, 11) is 2.87. The number of aromatic hydroxyl groups is 1. The highest BCUT2D eigenvalue weighted by molar-refractivity contribution is 6.00. The molecule has 98 valence electrons. The molecule has 0 spiro atoms. The number of phenolic OH excluding ortho intramolecular Hbond substituents is 1. The first-order valence-corrected chi connectivity index (χ1v) is 5.72. The van der Waals surface area contributed by atoms with Crippen LogP contribution in [0.2, 0.25) is 0 Å². The fourth-order valence-corrected chi connectivity index (χ4v) is 1.87. The minimum absolute atomic E-state index is 0.0971. The first-order chi connectivity index (χ1) is 9.17. The minimum atomic E-state index is -0.566. The second-order valence-electron chi connectivity index (χ2n) is 3.92. The highest BCUT2D eigenvalue weighted by Crippen LogP contribution is 2.31. The van der Waals surface area contributed by atoms with E-state index in [0.717, 1.165) is 11.3 Å². The van der Waals surface area contributed by atoms with Crippen molar-refractivity contribution < 1.29 is 19.4 Å². The Morgan fingerprint density at radius 3 is 2.32 bits per heavy atom. The zero-order valence-corrected chi connectivity index (χ0v) is 10.7. The molecule has 0 bridgehead atoms. The predicted molar refractivity (Wildman–Crippen MR) is 71.4 cm³/mol. The molecule has 0 saturated heterocycles. The molecule has 0 unspecified atom stereocenters. The van der Waals surface area contributed by atoms with Crippen LogP contribution in [0, 0.1) is 0 Å². The van der Waals surface area contributed by atoms with Crippen LogP contribution in [-0.2, 0) is 4.74 Å². The van der Waals surface area contributed by atoms with Gasteiger partial charge in [0.15, 0.2) is 0 Å². The van der Waals surface area contributed by atoms with Gasteiger partial charge in [-0.2, -0.15) is 0 Å². The fraction of sp³-hybridized carbons (Fsp3) is 0.133. The van der Waals surface area contributed by atoms with E-state index >= 15 is 0 Å². The molecule has 0 aliphatic carbocycles. The van der Waals surface area contributed by atoms with Crippen LogP contribution in [0.25, 0.3) is 11.1 Å². The first-order valence-electron chi connectivity index (χ1n) is 5.72. The number of hydrogen-bond acceptors (Lipinski definition) is 4. The summed E-state index contributed by atoms with van der Waals surface area (Å²) in [6.45, 7) is 0. The minimum Gasteiger partial charge on any atom is -0.507 e. The lowest BCUT2D eigenvalue weighted by molar-refractivity contribution is 0.0598. The summed E-state index contributed by atoms with van der Waals surface area (Å²) < 4.78 is 9.79. The largest absolute Gasteiger partial charge is 0.507 e. The highest BCUT2D eigenvalue weighted by Gasteiger charge is 2.17. The number of esters is 1. The Kier molecular flexibility index (Phi) is 3.71. The van der Waals surface area contributed by atoms with Crippen LogP contribution in [0.4, 0.5) is 0 Å². The Bertz CT molecular complexity index is 588. The van der Waals surface area contributed by atoms with Gasteiger partial charge in [0, 0.05) is 0 Å². The number of ether oxygens (including phenoxy) is 2. The van der Waals surface area contributed by atoms with Gasteiger partial charge in [0.05, 0.1) is 14.2 Å². The molecule has 0 amide bonds. The molecule has 4 nitrogen and oxygen atoms in total. The van der Waals surface area contributed by atoms with Gasteiger partial charge in [-0.15, -0.1) is 0 Å². The van der Waals surface area contributed by atoms with Crippen LogP contribution in [0.15, 0.2) is 42.5 Å². The SMILES string of the molecule is COC(=O)c1c(O)cccc1-c1ccc(OC)cc1. The van der Waals surface area contributed by atoms with Crippen molar-refractivity contribution in [2.45, 2.75) is 0 Å². The van der Waals surface area contributed by atoms with E-state index in [4.69, 9.17) is 9.47 Å². The number of rotatable bonds is 3. The van der Waals surface area contributed by atoms with Crippen LogP contribution < -0.4 is 4.74 Å². The van der Waals surface area contributed by atoms with E-state index in [2.05, 4.69) is 0 Å². The lowest BCUT2D eigenvalue weighted by atomic mass is 9.99. The van der Waals surface area contributed by atoms with E-state index < -0.39 is 5.97 Å². The fourth-order valence-electron chi connectivity index (χ4n) is 1.87. The van der Waals surface area contributed by atoms with Gasteiger partial charge in [0.2, 0.25) is 0 Å². The van der Waals surface area contributed by atoms with Crippen molar-refractivity contribution in [2.75, 3.05) is 14.2 Å². The molecule has 0 fully saturated rings. The second kappa shape index (κ2) is 5.44. The molecule has 0 aromatic heterocycles. The highest BCUT2D eigenvalue weighted by atomic mass is 16.5. The third-order valence-corrected chi connectivity index (χ3v) is 2.83. The van der Waals surface area contributed by atoms with Crippen LogP contribution in [0.1, 0.15) is 10.4 Å². The zero-order chi connectivity index (χ0) is 13.8. The number of hydrogen-bond donors (Lipinski definition) is 1. The van der Waals surface area contributed by atoms with Gasteiger partial charge in [-0.25, -0.2) is 4.79 Å². The van der Waals surface area contributed by atoms with E-state index in [1.807, 2.05) is 12.1 Å². The molecule has 0 heterocycles. The predicted octanol–water partition coefficient (Wildman–Crippen LogP) is 2.85. The zero-order valence-electron chi connectivity index (χ0n) is 10.7. The summed E-state index contributed by atoms with van der Waals surface area (Å²) in [6.07, 6.45) is 0. The molecule has 19 heavy (non-hydrogen) atoms. The number of phenols is 1. The third kappa shape index (κ3) is 2.52. The molecule has 0 aliphatic heterocycles. The van der Waals surface area contributed by atoms with Gasteiger partial charge in [-0.3, -0.25) is 0 Å². The van der Waals surface area contributed by atoms with Gasteiger partial charge in [-0.05, 0) is 29.3 Å². The first kappa shape index (κ1) is 13.0. The molecule has 2 aromatic rings. The number of methoxy groups -OCH3 is 2. The maximum atomic E-state index is 11.7. The second-order valence-corrected chi connectivity index (χ2v) is 3.92. The molecule has 1 N–H and O–H groups in total. The molecule has 2 rings (SSSR count). The van der Waals surface area contributed by atoms with Crippen LogP contribution in [0.5, 0.6) is 11.5 Å². The van der Waals surface area contributed by atoms with Crippen molar-refractivity contribution in [3.63, 3.8) is 0 Å². The Morgan fingerprint density at radius 2 is 1.74 bits per heavy atom. The van der Waals surface area contributed by atoms with E-state index in [1.165, 1.54) is 13.2 Å². The van der Waals surface area contributed by atoms with Gasteiger partial charge in [0.25, 0.3) is 0 Å². The van der Waals surface area contributed by atoms with E-state index in [-0.39, 0.29) is 11.3 Å². The van der Waals surface area contributed by atoms with Crippen molar-refractivity contribution >= 4 is 5.97 Å². The summed E-state index contributed by atoms with van der Waals surface area (Å²) >= 11 is 0. The van der Waals surface area contributed by atoms with Gasteiger partial charge >= 0.3 is 5.97 Å². The van der Waals surface area contributed by atoms with Crippen molar-refractivity contribution in [1.82, 2.24) is 0 Å². The average molecular weight is 258 g/mol. The topological polar surface area (TPSA) is 55.8 Å². The molecule has 4 heteroatoms. The standard InChI is InChI=1S/C15H14O4/c1-18-11-8-6-10(7-9-11)12-4-3-5-13(16)14(12)15(17)19-2/h3-9,16H,1-2H3. The Labute approximate surface area is 111 Å². The van der Waals surface area contributed by atoms with E-state index in [1.54, 1.807) is 31.4 Å². The lowest BCUT2D eigenvalue weighted by Crippen LogP contribution is -2.04. The van der Waals surface area contributed by atoms with Crippen molar-refractivity contribution in [3.05, 3.63) is 48.0 Å². The van der Waals surface area contributed by atoms with Crippen LogP contribution >= 0.6 is 0 Å². The summed E-state index contributed by atoms with van der Waals surface area (Å²) in [5.74, 6) is 0.0626. The van der Waals surface area contributed by atoms with E-state index in [9.17, 15) is 9.90 Å². The molecule has 0 radical (unpaired) electrons. The monoisotopic (exact) mass is 258 g/mol. The summed E-state index contributed by atoms with van der Waals surface area (Å²) in [5, 5.41) is 9.83. The maximum Gasteiger partial charge on any atom is 0.342 e. The summed E-state index contributed by atoms with van der Waals surface area (Å²) in [5.41, 5.74) is 1.58. The van der Waals surface area contributed by atoms with Gasteiger partial charge in [-0.1, -0.05) is 24.3 Å². The van der Waals surface area contributed by atoms with Crippen molar-refractivity contribution in [3.8, 4) is 22.6 Å². The molecule has 0 atom stereocenters.